The second-order valence-corrected chi connectivity index (χ2v) is 3.10. The highest BCUT2D eigenvalue weighted by Gasteiger charge is 2.04. The molecular weight excluding hydrogens is 196 g/mol. The predicted molar refractivity (Wildman–Crippen MR) is 59.7 cm³/mol. The molecule has 1 aromatic carbocycles. The van der Waals surface area contributed by atoms with Crippen molar-refractivity contribution in [1.82, 2.24) is 9.55 Å². The second kappa shape index (κ2) is 4.82. The van der Waals surface area contributed by atoms with E-state index in [0.29, 0.717) is 6.04 Å². The lowest BCUT2D eigenvalue weighted by Crippen LogP contribution is -2.03. The van der Waals surface area contributed by atoms with E-state index in [9.17, 15) is 0 Å². The molecule has 2 rings (SSSR count). The Bertz CT molecular complexity index is 356. The van der Waals surface area contributed by atoms with E-state index >= 15 is 0 Å². The van der Waals surface area contributed by atoms with E-state index in [-0.39, 0.29) is 12.4 Å². The van der Waals surface area contributed by atoms with E-state index in [1.165, 1.54) is 5.56 Å². The van der Waals surface area contributed by atoms with E-state index in [0.717, 1.165) is 0 Å². The van der Waals surface area contributed by atoms with E-state index in [4.69, 9.17) is 0 Å². The fraction of sp³-hybridized carbons (Fsp3) is 0.182. The summed E-state index contributed by atoms with van der Waals surface area (Å²) in [5.41, 5.74) is 1.31. The van der Waals surface area contributed by atoms with Crippen molar-refractivity contribution in [2.75, 3.05) is 0 Å². The van der Waals surface area contributed by atoms with Gasteiger partial charge in [-0.1, -0.05) is 30.3 Å². The molecule has 0 saturated heterocycles. The summed E-state index contributed by atoms with van der Waals surface area (Å²) in [5.74, 6) is 0. The third-order valence-electron chi connectivity index (χ3n) is 2.25. The van der Waals surface area contributed by atoms with E-state index in [2.05, 4.69) is 40.7 Å². The van der Waals surface area contributed by atoms with E-state index in [1.807, 2.05) is 18.6 Å². The van der Waals surface area contributed by atoms with Gasteiger partial charge in [0.15, 0.2) is 0 Å². The topological polar surface area (TPSA) is 17.8 Å². The first-order chi connectivity index (χ1) is 6.38. The third kappa shape index (κ3) is 2.15. The number of hydrogen-bond acceptors (Lipinski definition) is 1. The SMILES string of the molecule is C[C@H](c1ccccc1)n1ccnc1.Cl. The highest BCUT2D eigenvalue weighted by molar-refractivity contribution is 5.85. The lowest BCUT2D eigenvalue weighted by Gasteiger charge is -2.12. The fourth-order valence-corrected chi connectivity index (χ4v) is 1.40. The Hall–Kier alpha value is -1.28. The fourth-order valence-electron chi connectivity index (χ4n) is 1.40. The minimum Gasteiger partial charge on any atom is -0.330 e. The molecule has 0 bridgehead atoms. The maximum Gasteiger partial charge on any atom is 0.0951 e. The monoisotopic (exact) mass is 208 g/mol. The van der Waals surface area contributed by atoms with Crippen LogP contribution in [0.1, 0.15) is 18.5 Å². The van der Waals surface area contributed by atoms with Gasteiger partial charge in [-0.3, -0.25) is 0 Å². The molecule has 0 aliphatic rings. The van der Waals surface area contributed by atoms with E-state index in [1.54, 1.807) is 6.20 Å². The number of rotatable bonds is 2. The van der Waals surface area contributed by atoms with Crippen LogP contribution < -0.4 is 0 Å². The summed E-state index contributed by atoms with van der Waals surface area (Å²) < 4.78 is 2.09. The van der Waals surface area contributed by atoms with Crippen LogP contribution in [0.3, 0.4) is 0 Å². The molecule has 3 heteroatoms. The molecule has 14 heavy (non-hydrogen) atoms. The molecule has 0 radical (unpaired) electrons. The van der Waals surface area contributed by atoms with Crippen molar-refractivity contribution in [2.45, 2.75) is 13.0 Å². The Kier molecular flexibility index (Phi) is 3.72. The summed E-state index contributed by atoms with van der Waals surface area (Å²) in [6, 6.07) is 10.8. The van der Waals surface area contributed by atoms with Crippen LogP contribution >= 0.6 is 12.4 Å². The van der Waals surface area contributed by atoms with Gasteiger partial charge in [-0.2, -0.15) is 0 Å². The molecule has 0 spiro atoms. The predicted octanol–water partition coefficient (Wildman–Crippen LogP) is 2.91. The van der Waals surface area contributed by atoms with Gasteiger partial charge in [-0.15, -0.1) is 12.4 Å². The van der Waals surface area contributed by atoms with Crippen molar-refractivity contribution in [1.29, 1.82) is 0 Å². The van der Waals surface area contributed by atoms with Gasteiger partial charge in [0.05, 0.1) is 12.4 Å². The van der Waals surface area contributed by atoms with Crippen LogP contribution in [0.4, 0.5) is 0 Å². The largest absolute Gasteiger partial charge is 0.330 e. The van der Waals surface area contributed by atoms with Crippen LogP contribution in [0.15, 0.2) is 49.1 Å². The number of imidazole rings is 1. The van der Waals surface area contributed by atoms with Crippen molar-refractivity contribution in [2.24, 2.45) is 0 Å². The number of benzene rings is 1. The van der Waals surface area contributed by atoms with Gasteiger partial charge in [0.25, 0.3) is 0 Å². The highest BCUT2D eigenvalue weighted by Crippen LogP contribution is 2.15. The summed E-state index contributed by atoms with van der Waals surface area (Å²) in [6.07, 6.45) is 5.63. The molecule has 1 heterocycles. The van der Waals surface area contributed by atoms with Crippen molar-refractivity contribution < 1.29 is 0 Å². The molecule has 0 aliphatic carbocycles. The molecule has 0 unspecified atom stereocenters. The Balaban J connectivity index is 0.000000980. The number of hydrogen-bond donors (Lipinski definition) is 0. The van der Waals surface area contributed by atoms with Crippen LogP contribution in [0.2, 0.25) is 0 Å². The van der Waals surface area contributed by atoms with Crippen LogP contribution in [0, 0.1) is 0 Å². The molecular formula is C11H13ClN2. The molecule has 1 atom stereocenters. The normalized spacial score (nSPS) is 11.8. The summed E-state index contributed by atoms with van der Waals surface area (Å²) in [6.45, 7) is 2.16. The summed E-state index contributed by atoms with van der Waals surface area (Å²) in [7, 11) is 0. The molecule has 74 valence electrons. The Morgan fingerprint density at radius 2 is 1.93 bits per heavy atom. The maximum absolute atomic E-state index is 4.03. The molecule has 1 aromatic heterocycles. The van der Waals surface area contributed by atoms with Gasteiger partial charge in [0, 0.05) is 12.4 Å². The zero-order valence-electron chi connectivity index (χ0n) is 8.00. The van der Waals surface area contributed by atoms with Crippen LogP contribution in [-0.2, 0) is 0 Å². The van der Waals surface area contributed by atoms with Crippen LogP contribution in [0.5, 0.6) is 0 Å². The second-order valence-electron chi connectivity index (χ2n) is 3.10. The van der Waals surface area contributed by atoms with Gasteiger partial charge in [0.2, 0.25) is 0 Å². The van der Waals surface area contributed by atoms with Crippen molar-refractivity contribution in [3.05, 3.63) is 54.6 Å². The van der Waals surface area contributed by atoms with Crippen LogP contribution in [-0.4, -0.2) is 9.55 Å². The van der Waals surface area contributed by atoms with Crippen molar-refractivity contribution >= 4 is 12.4 Å². The van der Waals surface area contributed by atoms with Gasteiger partial charge in [-0.25, -0.2) is 4.98 Å². The zero-order valence-corrected chi connectivity index (χ0v) is 8.82. The summed E-state index contributed by atoms with van der Waals surface area (Å²) in [5, 5.41) is 0. The van der Waals surface area contributed by atoms with Crippen LogP contribution in [0.25, 0.3) is 0 Å². The standard InChI is InChI=1S/C11H12N2.ClH/c1-10(13-8-7-12-9-13)11-5-3-2-4-6-11;/h2-10H,1H3;1H/t10-;/m1./s1. The average molecular weight is 209 g/mol. The minimum atomic E-state index is 0. The average Bonchev–Trinajstić information content (AvgIpc) is 2.71. The first kappa shape index (κ1) is 10.8. The zero-order chi connectivity index (χ0) is 9.10. The molecule has 0 saturated carbocycles. The molecule has 0 amide bonds. The van der Waals surface area contributed by atoms with E-state index < -0.39 is 0 Å². The quantitative estimate of drug-likeness (QED) is 0.742. The molecule has 0 N–H and O–H groups in total. The molecule has 2 nitrogen and oxygen atoms in total. The van der Waals surface area contributed by atoms with Gasteiger partial charge < -0.3 is 4.57 Å². The van der Waals surface area contributed by atoms with Gasteiger partial charge in [-0.05, 0) is 12.5 Å². The lowest BCUT2D eigenvalue weighted by atomic mass is 10.1. The Labute approximate surface area is 90.0 Å². The van der Waals surface area contributed by atoms with Crippen molar-refractivity contribution in [3.63, 3.8) is 0 Å². The Morgan fingerprint density at radius 1 is 1.21 bits per heavy atom. The number of aromatic nitrogens is 2. The maximum atomic E-state index is 4.03. The number of halogens is 1. The highest BCUT2D eigenvalue weighted by atomic mass is 35.5. The molecule has 2 aromatic rings. The Morgan fingerprint density at radius 3 is 2.50 bits per heavy atom. The lowest BCUT2D eigenvalue weighted by molar-refractivity contribution is 0.638. The first-order valence-electron chi connectivity index (χ1n) is 4.40. The van der Waals surface area contributed by atoms with Gasteiger partial charge in [0.1, 0.15) is 0 Å². The summed E-state index contributed by atoms with van der Waals surface area (Å²) >= 11 is 0. The minimum absolute atomic E-state index is 0. The molecule has 0 fully saturated rings. The van der Waals surface area contributed by atoms with Crippen molar-refractivity contribution in [3.8, 4) is 0 Å². The first-order valence-corrected chi connectivity index (χ1v) is 4.40. The number of nitrogens with zero attached hydrogens (tertiary/aromatic N) is 2. The third-order valence-corrected chi connectivity index (χ3v) is 2.25. The van der Waals surface area contributed by atoms with Gasteiger partial charge >= 0.3 is 0 Å². The summed E-state index contributed by atoms with van der Waals surface area (Å²) in [4.78, 5) is 4.03. The molecule has 0 aliphatic heterocycles. The smallest absolute Gasteiger partial charge is 0.0951 e.